The minimum absolute atomic E-state index is 0.0403. The summed E-state index contributed by atoms with van der Waals surface area (Å²) in [5.41, 5.74) is 0.974. The quantitative estimate of drug-likeness (QED) is 0.792. The van der Waals surface area contributed by atoms with E-state index in [-0.39, 0.29) is 23.9 Å². The summed E-state index contributed by atoms with van der Waals surface area (Å²) in [4.78, 5) is 25.8. The average Bonchev–Trinajstić information content (AvgIpc) is 2.61. The molecule has 1 aromatic heterocycles. The molecule has 2 rings (SSSR count). The third kappa shape index (κ3) is 5.46. The van der Waals surface area contributed by atoms with Crippen molar-refractivity contribution in [1.29, 1.82) is 0 Å². The van der Waals surface area contributed by atoms with Gasteiger partial charge < -0.3 is 19.5 Å². The van der Waals surface area contributed by atoms with E-state index in [1.165, 1.54) is 10.6 Å². The number of pyridine rings is 1. The van der Waals surface area contributed by atoms with Crippen LogP contribution in [-0.4, -0.2) is 43.1 Å². The molecular weight excluding hydrogens is 318 g/mol. The van der Waals surface area contributed by atoms with Gasteiger partial charge in [-0.3, -0.25) is 9.59 Å². The predicted molar refractivity (Wildman–Crippen MR) is 97.8 cm³/mol. The maximum Gasteiger partial charge on any atom is 0.250 e. The maximum absolute atomic E-state index is 12.1. The van der Waals surface area contributed by atoms with Crippen LogP contribution >= 0.6 is 0 Å². The van der Waals surface area contributed by atoms with Crippen LogP contribution < -0.4 is 15.6 Å². The molecule has 0 aliphatic heterocycles. The summed E-state index contributed by atoms with van der Waals surface area (Å²) in [6, 6.07) is 12.8. The summed E-state index contributed by atoms with van der Waals surface area (Å²) in [5, 5.41) is 2.95. The van der Waals surface area contributed by atoms with Crippen LogP contribution in [0.3, 0.4) is 0 Å². The molecule has 1 aromatic carbocycles. The van der Waals surface area contributed by atoms with Crippen LogP contribution in [-0.2, 0) is 11.3 Å². The Hall–Kier alpha value is -2.60. The molecule has 0 fully saturated rings. The number of rotatable bonds is 8. The Labute approximate surface area is 148 Å². The monoisotopic (exact) mass is 343 g/mol. The first-order chi connectivity index (χ1) is 12.0. The van der Waals surface area contributed by atoms with Gasteiger partial charge in [-0.05, 0) is 37.9 Å². The van der Waals surface area contributed by atoms with E-state index < -0.39 is 0 Å². The molecule has 0 saturated carbocycles. The topological polar surface area (TPSA) is 63.6 Å². The lowest BCUT2D eigenvalue weighted by molar-refractivity contribution is -0.121. The van der Waals surface area contributed by atoms with Crippen molar-refractivity contribution in [2.24, 2.45) is 0 Å². The molecule has 25 heavy (non-hydrogen) atoms. The van der Waals surface area contributed by atoms with E-state index in [0.29, 0.717) is 13.1 Å². The maximum atomic E-state index is 12.1. The van der Waals surface area contributed by atoms with Crippen LogP contribution in [0.25, 0.3) is 0 Å². The van der Waals surface area contributed by atoms with Crippen molar-refractivity contribution in [3.05, 3.63) is 64.6 Å². The normalized spacial score (nSPS) is 12.0. The van der Waals surface area contributed by atoms with Gasteiger partial charge in [-0.2, -0.15) is 0 Å². The van der Waals surface area contributed by atoms with Gasteiger partial charge in [0.2, 0.25) is 5.91 Å². The zero-order valence-corrected chi connectivity index (χ0v) is 14.9. The highest BCUT2D eigenvalue weighted by atomic mass is 16.5. The fourth-order valence-corrected chi connectivity index (χ4v) is 2.61. The summed E-state index contributed by atoms with van der Waals surface area (Å²) < 4.78 is 6.80. The molecule has 1 atom stereocenters. The number of likely N-dealkylation sites (N-methyl/N-ethyl adjacent to an activating group) is 1. The van der Waals surface area contributed by atoms with E-state index in [4.69, 9.17) is 4.74 Å². The third-order valence-corrected chi connectivity index (χ3v) is 4.07. The van der Waals surface area contributed by atoms with Crippen molar-refractivity contribution < 1.29 is 9.53 Å². The first-order valence-corrected chi connectivity index (χ1v) is 8.24. The molecule has 6 nitrogen and oxygen atoms in total. The number of aromatic nitrogens is 1. The summed E-state index contributed by atoms with van der Waals surface area (Å²) >= 11 is 0. The van der Waals surface area contributed by atoms with E-state index in [9.17, 15) is 9.59 Å². The Morgan fingerprint density at radius 3 is 2.72 bits per heavy atom. The molecule has 6 heteroatoms. The summed E-state index contributed by atoms with van der Waals surface area (Å²) in [6.07, 6.45) is 1.96. The Morgan fingerprint density at radius 1 is 1.24 bits per heavy atom. The Kier molecular flexibility index (Phi) is 6.77. The molecule has 1 unspecified atom stereocenters. The fraction of sp³-hybridized carbons (Fsp3) is 0.368. The molecule has 2 aromatic rings. The number of amides is 1. The second kappa shape index (κ2) is 9.03. The van der Waals surface area contributed by atoms with Gasteiger partial charge in [0, 0.05) is 31.8 Å². The van der Waals surface area contributed by atoms with Crippen molar-refractivity contribution in [2.75, 3.05) is 27.7 Å². The molecular formula is C19H25N3O3. The van der Waals surface area contributed by atoms with Gasteiger partial charge in [-0.25, -0.2) is 0 Å². The number of hydrogen-bond acceptors (Lipinski definition) is 4. The minimum atomic E-state index is -0.0992. The predicted octanol–water partition coefficient (Wildman–Crippen LogP) is 1.67. The van der Waals surface area contributed by atoms with Gasteiger partial charge in [-0.15, -0.1) is 0 Å². The second-order valence-corrected chi connectivity index (χ2v) is 6.04. The third-order valence-electron chi connectivity index (χ3n) is 4.07. The average molecular weight is 343 g/mol. The van der Waals surface area contributed by atoms with Crippen molar-refractivity contribution in [3.63, 3.8) is 0 Å². The molecule has 1 N–H and O–H groups in total. The fourth-order valence-electron chi connectivity index (χ4n) is 2.61. The number of nitrogens with zero attached hydrogens (tertiary/aromatic N) is 2. The number of carbonyl (C=O) groups is 1. The molecule has 0 saturated heterocycles. The van der Waals surface area contributed by atoms with E-state index >= 15 is 0 Å². The zero-order valence-electron chi connectivity index (χ0n) is 14.9. The van der Waals surface area contributed by atoms with Crippen molar-refractivity contribution >= 4 is 5.91 Å². The number of ether oxygens (including phenoxy) is 1. The number of hydrogen-bond donors (Lipinski definition) is 1. The van der Waals surface area contributed by atoms with Gasteiger partial charge in [0.25, 0.3) is 5.56 Å². The first kappa shape index (κ1) is 18.7. The lowest BCUT2D eigenvalue weighted by Gasteiger charge is -2.25. The number of carbonyl (C=O) groups excluding carboxylic acids is 1. The molecule has 0 aliphatic rings. The Balaban J connectivity index is 1.93. The van der Waals surface area contributed by atoms with Gasteiger partial charge in [0.1, 0.15) is 5.75 Å². The van der Waals surface area contributed by atoms with Crippen LogP contribution in [0.15, 0.2) is 53.5 Å². The Bertz CT molecular complexity index is 755. The highest BCUT2D eigenvalue weighted by Gasteiger charge is 2.16. The van der Waals surface area contributed by atoms with E-state index in [1.807, 2.05) is 38.4 Å². The summed E-state index contributed by atoms with van der Waals surface area (Å²) in [5.74, 6) is 0.713. The standard InChI is InChI=1S/C19H25N3O3/c1-21(2)17(15-7-6-8-16(13-15)25-3)14-20-18(23)10-12-22-11-5-4-9-19(22)24/h4-9,11,13,17H,10,12,14H2,1-3H3,(H,20,23). The van der Waals surface area contributed by atoms with Crippen molar-refractivity contribution in [1.82, 2.24) is 14.8 Å². The molecule has 1 heterocycles. The van der Waals surface area contributed by atoms with Crippen LogP contribution in [0.2, 0.25) is 0 Å². The van der Waals surface area contributed by atoms with Gasteiger partial charge >= 0.3 is 0 Å². The molecule has 134 valence electrons. The molecule has 1 amide bonds. The Morgan fingerprint density at radius 2 is 2.04 bits per heavy atom. The highest BCUT2D eigenvalue weighted by molar-refractivity contribution is 5.75. The number of nitrogens with one attached hydrogen (secondary N) is 1. The highest BCUT2D eigenvalue weighted by Crippen LogP contribution is 2.22. The lowest BCUT2D eigenvalue weighted by atomic mass is 10.1. The first-order valence-electron chi connectivity index (χ1n) is 8.24. The van der Waals surface area contributed by atoms with E-state index in [1.54, 1.807) is 25.4 Å². The SMILES string of the molecule is COc1cccc(C(CNC(=O)CCn2ccccc2=O)N(C)C)c1. The van der Waals surface area contributed by atoms with Gasteiger partial charge in [-0.1, -0.05) is 18.2 Å². The number of aryl methyl sites for hydroxylation is 1. The van der Waals surface area contributed by atoms with Crippen LogP contribution in [0.5, 0.6) is 5.75 Å². The molecule has 0 radical (unpaired) electrons. The molecule has 0 aliphatic carbocycles. The number of benzene rings is 1. The minimum Gasteiger partial charge on any atom is -0.497 e. The zero-order chi connectivity index (χ0) is 18.2. The van der Waals surface area contributed by atoms with Gasteiger partial charge in [0.15, 0.2) is 0 Å². The summed E-state index contributed by atoms with van der Waals surface area (Å²) in [6.45, 7) is 0.861. The summed E-state index contributed by atoms with van der Waals surface area (Å²) in [7, 11) is 5.58. The smallest absolute Gasteiger partial charge is 0.250 e. The van der Waals surface area contributed by atoms with Crippen LogP contribution in [0, 0.1) is 0 Å². The van der Waals surface area contributed by atoms with E-state index in [2.05, 4.69) is 10.2 Å². The number of methoxy groups -OCH3 is 1. The molecule has 0 spiro atoms. The van der Waals surface area contributed by atoms with Crippen LogP contribution in [0.4, 0.5) is 0 Å². The van der Waals surface area contributed by atoms with Crippen molar-refractivity contribution in [3.8, 4) is 5.75 Å². The van der Waals surface area contributed by atoms with E-state index in [0.717, 1.165) is 11.3 Å². The van der Waals surface area contributed by atoms with Crippen LogP contribution in [0.1, 0.15) is 18.0 Å². The van der Waals surface area contributed by atoms with Crippen molar-refractivity contribution in [2.45, 2.75) is 19.0 Å². The van der Waals surface area contributed by atoms with Gasteiger partial charge in [0.05, 0.1) is 13.2 Å². The molecule has 0 bridgehead atoms. The lowest BCUT2D eigenvalue weighted by Crippen LogP contribution is -2.35. The second-order valence-electron chi connectivity index (χ2n) is 6.04. The largest absolute Gasteiger partial charge is 0.497 e.